The van der Waals surface area contributed by atoms with E-state index in [9.17, 15) is 5.21 Å². The molecule has 1 aliphatic rings. The van der Waals surface area contributed by atoms with Gasteiger partial charge in [-0.15, -0.1) is 0 Å². The molecule has 1 N–H and O–H groups in total. The van der Waals surface area contributed by atoms with E-state index in [4.69, 9.17) is 4.74 Å². The van der Waals surface area contributed by atoms with Crippen molar-refractivity contribution in [3.05, 3.63) is 88.6 Å². The van der Waals surface area contributed by atoms with Gasteiger partial charge >= 0.3 is 0 Å². The lowest BCUT2D eigenvalue weighted by molar-refractivity contribution is 0.301. The first-order valence-electron chi connectivity index (χ1n) is 9.85. The van der Waals surface area contributed by atoms with Gasteiger partial charge in [-0.2, -0.15) is 0 Å². The molecule has 2 heterocycles. The maximum atomic E-state index is 9.86. The molecule has 1 aromatic heterocycles. The molecular formula is C24H25N3O2. The Hall–Kier alpha value is -3.34. The lowest BCUT2D eigenvalue weighted by Gasteiger charge is -2.20. The third kappa shape index (κ3) is 3.94. The number of pyridine rings is 1. The van der Waals surface area contributed by atoms with Gasteiger partial charge in [0.15, 0.2) is 5.84 Å². The number of fused-ring (bicyclic) bond motifs is 1. The first kappa shape index (κ1) is 19.0. The summed E-state index contributed by atoms with van der Waals surface area (Å²) in [5, 5.41) is 13.5. The quantitative estimate of drug-likeness (QED) is 0.280. The summed E-state index contributed by atoms with van der Waals surface area (Å²) in [6, 6.07) is 20.1. The highest BCUT2D eigenvalue weighted by Crippen LogP contribution is 2.30. The normalized spacial score (nSPS) is 13.7. The zero-order valence-electron chi connectivity index (χ0n) is 17.0. The van der Waals surface area contributed by atoms with E-state index < -0.39 is 0 Å². The molecule has 148 valence electrons. The minimum absolute atomic E-state index is 0.404. The number of benzene rings is 2. The average Bonchev–Trinajstić information content (AvgIpc) is 3.14. The highest BCUT2D eigenvalue weighted by molar-refractivity contribution is 6.00. The smallest absolute Gasteiger partial charge is 0.230 e. The third-order valence-electron chi connectivity index (χ3n) is 5.21. The Morgan fingerprint density at radius 1 is 1.03 bits per heavy atom. The van der Waals surface area contributed by atoms with Crippen molar-refractivity contribution in [1.82, 2.24) is 9.88 Å². The van der Waals surface area contributed by atoms with Gasteiger partial charge in [-0.1, -0.05) is 55.4 Å². The predicted molar refractivity (Wildman–Crippen MR) is 114 cm³/mol. The fourth-order valence-electron chi connectivity index (χ4n) is 3.60. The Balaban J connectivity index is 1.67. The Morgan fingerprint density at radius 3 is 2.41 bits per heavy atom. The minimum atomic E-state index is 0.404. The number of aryl methyl sites for hydroxylation is 1. The van der Waals surface area contributed by atoms with Crippen LogP contribution in [0.15, 0.2) is 65.8 Å². The van der Waals surface area contributed by atoms with E-state index in [1.165, 1.54) is 16.7 Å². The van der Waals surface area contributed by atoms with Crippen LogP contribution in [-0.4, -0.2) is 20.9 Å². The van der Waals surface area contributed by atoms with Crippen molar-refractivity contribution in [1.29, 1.82) is 0 Å². The molecule has 5 heteroatoms. The summed E-state index contributed by atoms with van der Waals surface area (Å²) >= 11 is 0. The lowest BCUT2D eigenvalue weighted by Crippen LogP contribution is -2.27. The predicted octanol–water partition coefficient (Wildman–Crippen LogP) is 5.46. The second-order valence-corrected chi connectivity index (χ2v) is 7.68. The zero-order valence-corrected chi connectivity index (χ0v) is 17.0. The molecule has 0 radical (unpaired) electrons. The van der Waals surface area contributed by atoms with E-state index in [2.05, 4.69) is 42.2 Å². The molecule has 0 bridgehead atoms. The fraction of sp³-hybridized carbons (Fsp3) is 0.250. The van der Waals surface area contributed by atoms with Gasteiger partial charge in [0, 0.05) is 18.8 Å². The van der Waals surface area contributed by atoms with Crippen LogP contribution in [0.4, 0.5) is 0 Å². The molecule has 0 saturated heterocycles. The zero-order chi connectivity index (χ0) is 20.4. The van der Waals surface area contributed by atoms with Crippen molar-refractivity contribution in [3.63, 3.8) is 0 Å². The number of hydrogen-bond donors (Lipinski definition) is 1. The first-order chi connectivity index (χ1) is 14.0. The van der Waals surface area contributed by atoms with Gasteiger partial charge in [0.25, 0.3) is 0 Å². The molecule has 0 amide bonds. The molecule has 0 aliphatic carbocycles. The summed E-state index contributed by atoms with van der Waals surface area (Å²) in [6.07, 6.45) is 0. The van der Waals surface area contributed by atoms with Crippen LogP contribution in [0.5, 0.6) is 11.6 Å². The highest BCUT2D eigenvalue weighted by Gasteiger charge is 2.26. The second-order valence-electron chi connectivity index (χ2n) is 7.68. The van der Waals surface area contributed by atoms with Crippen LogP contribution in [0.3, 0.4) is 0 Å². The summed E-state index contributed by atoms with van der Waals surface area (Å²) in [4.78, 5) is 6.63. The number of rotatable bonds is 4. The van der Waals surface area contributed by atoms with Crippen molar-refractivity contribution < 1.29 is 9.94 Å². The topological polar surface area (TPSA) is 58.0 Å². The van der Waals surface area contributed by atoms with Crippen LogP contribution in [0, 0.1) is 6.92 Å². The standard InChI is InChI=1S/C24H25N3O2/c1-16(2)18-9-6-10-21(13-18)29-24-22(12-11-17(3)25-24)23(26-28)27-14-19-7-4-5-8-20(19)15-27/h4-13,16,28H,14-15H2,1-3H3/b26-23-. The maximum absolute atomic E-state index is 9.86. The van der Waals surface area contributed by atoms with Gasteiger partial charge in [-0.3, -0.25) is 0 Å². The minimum Gasteiger partial charge on any atom is -0.438 e. The van der Waals surface area contributed by atoms with Gasteiger partial charge in [0.2, 0.25) is 5.88 Å². The van der Waals surface area contributed by atoms with Gasteiger partial charge < -0.3 is 14.8 Å². The number of ether oxygens (including phenoxy) is 1. The summed E-state index contributed by atoms with van der Waals surface area (Å²) in [6.45, 7) is 7.59. The number of hydrogen-bond acceptors (Lipinski definition) is 4. The van der Waals surface area contributed by atoms with Gasteiger partial charge in [0.05, 0.1) is 5.56 Å². The van der Waals surface area contributed by atoms with Crippen LogP contribution in [0.25, 0.3) is 0 Å². The van der Waals surface area contributed by atoms with Gasteiger partial charge in [-0.25, -0.2) is 4.98 Å². The van der Waals surface area contributed by atoms with E-state index in [0.717, 1.165) is 11.4 Å². The SMILES string of the molecule is Cc1ccc(/C(=N/O)N2Cc3ccccc3C2)c(Oc2cccc(C(C)C)c2)n1. The number of amidine groups is 1. The molecule has 3 aromatic rings. The van der Waals surface area contributed by atoms with E-state index in [-0.39, 0.29) is 0 Å². The Labute approximate surface area is 171 Å². The first-order valence-corrected chi connectivity index (χ1v) is 9.85. The maximum Gasteiger partial charge on any atom is 0.230 e. The molecule has 1 aliphatic heterocycles. The van der Waals surface area contributed by atoms with E-state index in [1.54, 1.807) is 0 Å². The molecule has 4 rings (SSSR count). The Morgan fingerprint density at radius 2 is 1.76 bits per heavy atom. The summed E-state index contributed by atoms with van der Waals surface area (Å²) in [7, 11) is 0. The Bertz CT molecular complexity index is 1030. The van der Waals surface area contributed by atoms with Crippen LogP contribution in [0.1, 0.15) is 47.7 Å². The van der Waals surface area contributed by atoms with Crippen LogP contribution < -0.4 is 4.74 Å². The second kappa shape index (κ2) is 7.95. The van der Waals surface area contributed by atoms with Crippen molar-refractivity contribution in [2.75, 3.05) is 0 Å². The number of aromatic nitrogens is 1. The average molecular weight is 387 g/mol. The Kier molecular flexibility index (Phi) is 5.21. The molecule has 2 aromatic carbocycles. The van der Waals surface area contributed by atoms with E-state index in [1.807, 2.05) is 54.3 Å². The molecule has 0 saturated carbocycles. The molecule has 5 nitrogen and oxygen atoms in total. The summed E-state index contributed by atoms with van der Waals surface area (Å²) in [5.41, 5.74) is 5.18. The molecular weight excluding hydrogens is 362 g/mol. The van der Waals surface area contributed by atoms with Crippen LogP contribution in [0.2, 0.25) is 0 Å². The van der Waals surface area contributed by atoms with Gasteiger partial charge in [0.1, 0.15) is 5.75 Å². The number of oxime groups is 1. The molecule has 0 fully saturated rings. The number of nitrogens with zero attached hydrogens (tertiary/aromatic N) is 3. The van der Waals surface area contributed by atoms with Crippen molar-refractivity contribution >= 4 is 5.84 Å². The fourth-order valence-corrected chi connectivity index (χ4v) is 3.60. The molecule has 0 unspecified atom stereocenters. The summed E-state index contributed by atoms with van der Waals surface area (Å²) < 4.78 is 6.17. The lowest BCUT2D eigenvalue weighted by atomic mass is 10.0. The van der Waals surface area contributed by atoms with Gasteiger partial charge in [-0.05, 0) is 53.8 Å². The van der Waals surface area contributed by atoms with Crippen molar-refractivity contribution in [2.45, 2.75) is 39.8 Å². The van der Waals surface area contributed by atoms with Crippen molar-refractivity contribution in [2.24, 2.45) is 5.16 Å². The van der Waals surface area contributed by atoms with Crippen LogP contribution >= 0.6 is 0 Å². The summed E-state index contributed by atoms with van der Waals surface area (Å²) in [5.74, 6) is 2.03. The third-order valence-corrected chi connectivity index (χ3v) is 5.21. The van der Waals surface area contributed by atoms with Crippen molar-refractivity contribution in [3.8, 4) is 11.6 Å². The molecule has 29 heavy (non-hydrogen) atoms. The van der Waals surface area contributed by atoms with E-state index >= 15 is 0 Å². The van der Waals surface area contributed by atoms with E-state index in [0.29, 0.717) is 36.3 Å². The largest absolute Gasteiger partial charge is 0.438 e. The monoisotopic (exact) mass is 387 g/mol. The van der Waals surface area contributed by atoms with Crippen LogP contribution in [-0.2, 0) is 13.1 Å². The molecule has 0 spiro atoms. The highest BCUT2D eigenvalue weighted by atomic mass is 16.5. The molecule has 0 atom stereocenters.